The maximum absolute atomic E-state index is 9.81. The van der Waals surface area contributed by atoms with Gasteiger partial charge >= 0.3 is 0 Å². The highest BCUT2D eigenvalue weighted by molar-refractivity contribution is 9.10. The number of aryl methyl sites for hydroxylation is 1. The third-order valence-corrected chi connectivity index (χ3v) is 3.22. The molecule has 1 rings (SSSR count). The lowest BCUT2D eigenvalue weighted by Gasteiger charge is -2.12. The summed E-state index contributed by atoms with van der Waals surface area (Å²) in [5.74, 6) is 0.462. The molecule has 0 saturated heterocycles. The Morgan fingerprint density at radius 3 is 2.73 bits per heavy atom. The highest BCUT2D eigenvalue weighted by Gasteiger charge is 2.15. The minimum absolute atomic E-state index is 0.0446. The van der Waals surface area contributed by atoms with Crippen LogP contribution in [0.25, 0.3) is 0 Å². The lowest BCUT2D eigenvalue weighted by molar-refractivity contribution is 0.370. The predicted octanol–water partition coefficient (Wildman–Crippen LogP) is 2.79. The second-order valence-electron chi connectivity index (χ2n) is 3.07. The van der Waals surface area contributed by atoms with E-state index in [4.69, 9.17) is 10.00 Å². The van der Waals surface area contributed by atoms with Gasteiger partial charge in [-0.2, -0.15) is 5.26 Å². The summed E-state index contributed by atoms with van der Waals surface area (Å²) in [4.78, 5) is 0. The summed E-state index contributed by atoms with van der Waals surface area (Å²) in [6.07, 6.45) is 0.978. The van der Waals surface area contributed by atoms with Crippen molar-refractivity contribution in [3.05, 3.63) is 21.7 Å². The summed E-state index contributed by atoms with van der Waals surface area (Å²) in [7, 11) is 1.50. The summed E-state index contributed by atoms with van der Waals surface area (Å²) < 4.78 is 5.85. The quantitative estimate of drug-likeness (QED) is 0.918. The Hall–Kier alpha value is -1.21. The van der Waals surface area contributed by atoms with E-state index in [1.807, 2.05) is 13.0 Å². The number of nitriles is 1. The van der Waals surface area contributed by atoms with Crippen LogP contribution in [0.5, 0.6) is 11.5 Å². The number of aromatic hydroxyl groups is 1. The van der Waals surface area contributed by atoms with Crippen LogP contribution in [0.2, 0.25) is 0 Å². The molecule has 0 heterocycles. The zero-order valence-electron chi connectivity index (χ0n) is 8.67. The molecule has 0 aliphatic rings. The average Bonchev–Trinajstić information content (AvgIpc) is 2.25. The molecular weight excluding hydrogens is 258 g/mol. The van der Waals surface area contributed by atoms with E-state index < -0.39 is 0 Å². The van der Waals surface area contributed by atoms with Crippen LogP contribution in [-0.2, 0) is 12.8 Å². The largest absolute Gasteiger partial charge is 0.504 e. The van der Waals surface area contributed by atoms with Crippen molar-refractivity contribution in [3.8, 4) is 17.6 Å². The van der Waals surface area contributed by atoms with E-state index in [9.17, 15) is 5.11 Å². The van der Waals surface area contributed by atoms with Gasteiger partial charge in [-0.3, -0.25) is 0 Å². The molecule has 0 aliphatic carbocycles. The van der Waals surface area contributed by atoms with Crippen molar-refractivity contribution in [1.82, 2.24) is 0 Å². The molecule has 0 fully saturated rings. The summed E-state index contributed by atoms with van der Waals surface area (Å²) >= 11 is 3.39. The molecule has 0 aliphatic heterocycles. The number of phenols is 1. The number of benzene rings is 1. The topological polar surface area (TPSA) is 53.2 Å². The maximum Gasteiger partial charge on any atom is 0.163 e. The number of rotatable bonds is 3. The third kappa shape index (κ3) is 2.24. The van der Waals surface area contributed by atoms with Crippen LogP contribution in [-0.4, -0.2) is 12.2 Å². The fraction of sp³-hybridized carbons (Fsp3) is 0.364. The van der Waals surface area contributed by atoms with E-state index in [2.05, 4.69) is 15.9 Å². The number of phenolic OH excluding ortho intramolecular Hbond substituents is 1. The Kier molecular flexibility index (Phi) is 3.98. The molecule has 0 aromatic heterocycles. The molecular formula is C11H12BrNO2. The normalized spacial score (nSPS) is 9.73. The van der Waals surface area contributed by atoms with Gasteiger partial charge < -0.3 is 9.84 Å². The van der Waals surface area contributed by atoms with Crippen molar-refractivity contribution in [2.75, 3.05) is 7.11 Å². The zero-order valence-corrected chi connectivity index (χ0v) is 10.3. The smallest absolute Gasteiger partial charge is 0.163 e. The van der Waals surface area contributed by atoms with E-state index >= 15 is 0 Å². The number of hydrogen-bond acceptors (Lipinski definition) is 3. The van der Waals surface area contributed by atoms with E-state index in [1.54, 1.807) is 6.07 Å². The molecule has 15 heavy (non-hydrogen) atoms. The zero-order chi connectivity index (χ0) is 11.4. The van der Waals surface area contributed by atoms with E-state index in [-0.39, 0.29) is 12.2 Å². The monoisotopic (exact) mass is 269 g/mol. The second kappa shape index (κ2) is 5.04. The van der Waals surface area contributed by atoms with Gasteiger partial charge in [0.2, 0.25) is 0 Å². The van der Waals surface area contributed by atoms with Gasteiger partial charge in [-0.1, -0.05) is 22.9 Å². The summed E-state index contributed by atoms with van der Waals surface area (Å²) in [6, 6.07) is 3.80. The number of ether oxygens (including phenoxy) is 1. The molecule has 1 N–H and O–H groups in total. The highest BCUT2D eigenvalue weighted by Crippen LogP contribution is 2.38. The number of nitrogens with zero attached hydrogens (tertiary/aromatic N) is 1. The second-order valence-corrected chi connectivity index (χ2v) is 3.86. The minimum Gasteiger partial charge on any atom is -0.504 e. The molecule has 80 valence electrons. The number of methoxy groups -OCH3 is 1. The van der Waals surface area contributed by atoms with Crippen molar-refractivity contribution in [1.29, 1.82) is 5.26 Å². The lowest BCUT2D eigenvalue weighted by atomic mass is 10.0. The minimum atomic E-state index is 0.0446. The molecule has 0 atom stereocenters. The summed E-state index contributed by atoms with van der Waals surface area (Å²) in [5.41, 5.74) is 1.61. The fourth-order valence-electron chi connectivity index (χ4n) is 1.39. The molecule has 0 amide bonds. The van der Waals surface area contributed by atoms with Gasteiger partial charge in [0.1, 0.15) is 0 Å². The molecule has 0 bridgehead atoms. The maximum atomic E-state index is 9.81. The molecule has 0 radical (unpaired) electrons. The van der Waals surface area contributed by atoms with Crippen molar-refractivity contribution in [3.63, 3.8) is 0 Å². The van der Waals surface area contributed by atoms with Gasteiger partial charge in [0.25, 0.3) is 0 Å². The van der Waals surface area contributed by atoms with E-state index in [0.717, 1.165) is 16.5 Å². The first-order chi connectivity index (χ1) is 7.15. The Morgan fingerprint density at radius 1 is 1.60 bits per heavy atom. The highest BCUT2D eigenvalue weighted by atomic mass is 79.9. The van der Waals surface area contributed by atoms with Crippen LogP contribution in [0.3, 0.4) is 0 Å². The van der Waals surface area contributed by atoms with Crippen molar-refractivity contribution < 1.29 is 9.84 Å². The molecule has 1 aromatic rings. The van der Waals surface area contributed by atoms with Gasteiger partial charge in [-0.15, -0.1) is 0 Å². The SMILES string of the molecule is CCc1cc(OC)c(O)c(CC#N)c1Br. The predicted molar refractivity (Wildman–Crippen MR) is 61.1 cm³/mol. The Morgan fingerprint density at radius 2 is 2.27 bits per heavy atom. The van der Waals surface area contributed by atoms with E-state index in [0.29, 0.717) is 11.3 Å². The molecule has 0 saturated carbocycles. The van der Waals surface area contributed by atoms with Crippen LogP contribution in [0, 0.1) is 11.3 Å². The molecule has 4 heteroatoms. The molecule has 0 spiro atoms. The Balaban J connectivity index is 3.40. The fourth-order valence-corrected chi connectivity index (χ4v) is 2.11. The summed E-state index contributed by atoms with van der Waals surface area (Å²) in [6.45, 7) is 2.01. The van der Waals surface area contributed by atoms with E-state index in [1.165, 1.54) is 7.11 Å². The Labute approximate surface area is 97.4 Å². The van der Waals surface area contributed by atoms with Gasteiger partial charge in [0.05, 0.1) is 19.6 Å². The standard InChI is InChI=1S/C11H12BrNO2/c1-3-7-6-9(15-2)11(14)8(4-5-13)10(7)12/h6,14H,3-4H2,1-2H3. The molecule has 1 aromatic carbocycles. The molecule has 3 nitrogen and oxygen atoms in total. The van der Waals surface area contributed by atoms with Crippen LogP contribution in [0.15, 0.2) is 10.5 Å². The molecule has 0 unspecified atom stereocenters. The van der Waals surface area contributed by atoms with Gasteiger partial charge in [-0.05, 0) is 18.1 Å². The van der Waals surface area contributed by atoms with Crippen LogP contribution in [0.4, 0.5) is 0 Å². The van der Waals surface area contributed by atoms with Gasteiger partial charge in [-0.25, -0.2) is 0 Å². The van der Waals surface area contributed by atoms with Crippen molar-refractivity contribution >= 4 is 15.9 Å². The van der Waals surface area contributed by atoms with Gasteiger partial charge in [0.15, 0.2) is 11.5 Å². The van der Waals surface area contributed by atoms with Crippen molar-refractivity contribution in [2.24, 2.45) is 0 Å². The first kappa shape index (κ1) is 11.9. The number of halogens is 1. The number of hydrogen-bond donors (Lipinski definition) is 1. The first-order valence-corrected chi connectivity index (χ1v) is 5.39. The first-order valence-electron chi connectivity index (χ1n) is 4.59. The Bertz CT molecular complexity index is 382. The van der Waals surface area contributed by atoms with Crippen molar-refractivity contribution in [2.45, 2.75) is 19.8 Å². The van der Waals surface area contributed by atoms with Crippen LogP contribution < -0.4 is 4.74 Å². The van der Waals surface area contributed by atoms with Crippen LogP contribution in [0.1, 0.15) is 18.1 Å². The third-order valence-electron chi connectivity index (χ3n) is 2.23. The van der Waals surface area contributed by atoms with Crippen LogP contribution >= 0.6 is 15.9 Å². The van der Waals surface area contributed by atoms with Gasteiger partial charge in [0, 0.05) is 10.0 Å². The lowest BCUT2D eigenvalue weighted by Crippen LogP contribution is -1.95. The average molecular weight is 270 g/mol. The summed E-state index contributed by atoms with van der Waals surface area (Å²) in [5, 5.41) is 18.5.